The van der Waals surface area contributed by atoms with Crippen molar-refractivity contribution < 1.29 is 4.79 Å². The van der Waals surface area contributed by atoms with Gasteiger partial charge in [0.1, 0.15) is 11.0 Å². The number of carbonyl (C=O) groups is 1. The smallest absolute Gasteiger partial charge is 0.251 e. The molecule has 1 amide bonds. The van der Waals surface area contributed by atoms with E-state index in [1.165, 1.54) is 11.1 Å². The number of carbonyl (C=O) groups excluding carboxylic acids is 1. The summed E-state index contributed by atoms with van der Waals surface area (Å²) in [6.45, 7) is 0. The van der Waals surface area contributed by atoms with E-state index in [4.69, 9.17) is 0 Å². The molecular weight excluding hydrogens is 264 g/mol. The van der Waals surface area contributed by atoms with Crippen LogP contribution < -0.4 is 5.32 Å². The summed E-state index contributed by atoms with van der Waals surface area (Å²) in [6, 6.07) is 13.9. The summed E-state index contributed by atoms with van der Waals surface area (Å²) in [5.74, 6) is -0.0577. The highest BCUT2D eigenvalue weighted by atomic mass is 16.1. The third-order valence-corrected chi connectivity index (χ3v) is 3.96. The molecule has 5 heteroatoms. The minimum atomic E-state index is -0.0577. The highest BCUT2D eigenvalue weighted by Crippen LogP contribution is 2.22. The molecule has 5 nitrogen and oxygen atoms in total. The van der Waals surface area contributed by atoms with Crippen LogP contribution in [0.2, 0.25) is 0 Å². The van der Waals surface area contributed by atoms with Gasteiger partial charge >= 0.3 is 0 Å². The molecule has 0 atom stereocenters. The summed E-state index contributed by atoms with van der Waals surface area (Å²) >= 11 is 0. The van der Waals surface area contributed by atoms with Crippen molar-refractivity contribution in [2.45, 2.75) is 18.9 Å². The Hall–Kier alpha value is -2.69. The predicted molar refractivity (Wildman–Crippen MR) is 79.0 cm³/mol. The molecule has 2 aromatic carbocycles. The zero-order valence-corrected chi connectivity index (χ0v) is 11.3. The second-order valence-electron chi connectivity index (χ2n) is 5.37. The molecule has 0 fully saturated rings. The highest BCUT2D eigenvalue weighted by molar-refractivity contribution is 5.97. The van der Waals surface area contributed by atoms with Crippen molar-refractivity contribution in [3.05, 3.63) is 59.2 Å². The van der Waals surface area contributed by atoms with Gasteiger partial charge in [0, 0.05) is 11.6 Å². The lowest BCUT2D eigenvalue weighted by molar-refractivity contribution is 0.0938. The van der Waals surface area contributed by atoms with Crippen molar-refractivity contribution in [2.75, 3.05) is 0 Å². The van der Waals surface area contributed by atoms with Crippen molar-refractivity contribution in [1.82, 2.24) is 20.7 Å². The molecule has 2 N–H and O–H groups in total. The number of fused-ring (bicyclic) bond motifs is 2. The standard InChI is InChI=1S/C16H14N4O/c21-16(12-5-6-14-15(9-12)19-20-18-14)17-13-7-10-3-1-2-4-11(10)8-13/h1-6,9,13H,7-8H2,(H,17,21)(H,18,19,20). The fourth-order valence-electron chi connectivity index (χ4n) is 2.91. The van der Waals surface area contributed by atoms with E-state index >= 15 is 0 Å². The topological polar surface area (TPSA) is 70.7 Å². The third-order valence-electron chi connectivity index (χ3n) is 3.96. The van der Waals surface area contributed by atoms with Gasteiger partial charge in [0.05, 0.1) is 0 Å². The second-order valence-corrected chi connectivity index (χ2v) is 5.37. The Morgan fingerprint density at radius 1 is 1.05 bits per heavy atom. The van der Waals surface area contributed by atoms with E-state index < -0.39 is 0 Å². The molecule has 0 unspecified atom stereocenters. The molecule has 21 heavy (non-hydrogen) atoms. The zero-order chi connectivity index (χ0) is 14.2. The Morgan fingerprint density at radius 2 is 1.76 bits per heavy atom. The number of hydrogen-bond acceptors (Lipinski definition) is 3. The first-order chi connectivity index (χ1) is 10.3. The van der Waals surface area contributed by atoms with E-state index in [-0.39, 0.29) is 11.9 Å². The molecule has 1 heterocycles. The average Bonchev–Trinajstić information content (AvgIpc) is 3.11. The van der Waals surface area contributed by atoms with Gasteiger partial charge in [0.2, 0.25) is 0 Å². The van der Waals surface area contributed by atoms with Gasteiger partial charge in [-0.25, -0.2) is 0 Å². The van der Waals surface area contributed by atoms with Gasteiger partial charge in [-0.2, -0.15) is 15.4 Å². The van der Waals surface area contributed by atoms with Gasteiger partial charge in [-0.15, -0.1) is 0 Å². The number of rotatable bonds is 2. The molecule has 1 aliphatic carbocycles. The monoisotopic (exact) mass is 278 g/mol. The largest absolute Gasteiger partial charge is 0.349 e. The Labute approximate surface area is 121 Å². The molecule has 0 spiro atoms. The second kappa shape index (κ2) is 4.70. The maximum Gasteiger partial charge on any atom is 0.251 e. The highest BCUT2D eigenvalue weighted by Gasteiger charge is 2.22. The normalized spacial score (nSPS) is 14.3. The lowest BCUT2D eigenvalue weighted by atomic mass is 10.1. The fourth-order valence-corrected chi connectivity index (χ4v) is 2.91. The molecule has 0 saturated carbocycles. The van der Waals surface area contributed by atoms with Gasteiger partial charge in [-0.1, -0.05) is 24.3 Å². The van der Waals surface area contributed by atoms with Crippen LogP contribution in [0, 0.1) is 0 Å². The van der Waals surface area contributed by atoms with E-state index in [0.29, 0.717) is 11.1 Å². The van der Waals surface area contributed by atoms with Crippen LogP contribution in [-0.2, 0) is 12.8 Å². The Kier molecular flexibility index (Phi) is 2.70. The van der Waals surface area contributed by atoms with Crippen molar-refractivity contribution in [2.24, 2.45) is 0 Å². The number of amides is 1. The van der Waals surface area contributed by atoms with E-state index in [1.807, 2.05) is 12.1 Å². The first-order valence-electron chi connectivity index (χ1n) is 6.98. The maximum atomic E-state index is 12.3. The van der Waals surface area contributed by atoms with Crippen molar-refractivity contribution in [3.63, 3.8) is 0 Å². The Morgan fingerprint density at radius 3 is 2.52 bits per heavy atom. The van der Waals surface area contributed by atoms with Crippen LogP contribution in [-0.4, -0.2) is 27.4 Å². The lowest BCUT2D eigenvalue weighted by Crippen LogP contribution is -2.35. The van der Waals surface area contributed by atoms with Crippen molar-refractivity contribution in [1.29, 1.82) is 0 Å². The minimum absolute atomic E-state index is 0.0577. The first-order valence-corrected chi connectivity index (χ1v) is 6.98. The first kappa shape index (κ1) is 12.1. The molecule has 4 rings (SSSR count). The maximum absolute atomic E-state index is 12.3. The molecular formula is C16H14N4O. The molecule has 0 radical (unpaired) electrons. The molecule has 0 saturated heterocycles. The summed E-state index contributed by atoms with van der Waals surface area (Å²) in [7, 11) is 0. The summed E-state index contributed by atoms with van der Waals surface area (Å²) < 4.78 is 0. The summed E-state index contributed by atoms with van der Waals surface area (Å²) in [5.41, 5.74) is 4.74. The summed E-state index contributed by atoms with van der Waals surface area (Å²) in [4.78, 5) is 12.3. The Balaban J connectivity index is 1.51. The molecule has 1 aliphatic rings. The van der Waals surface area contributed by atoms with Gasteiger partial charge in [-0.05, 0) is 42.2 Å². The predicted octanol–water partition coefficient (Wildman–Crippen LogP) is 1.86. The summed E-state index contributed by atoms with van der Waals surface area (Å²) in [6.07, 6.45) is 1.79. The van der Waals surface area contributed by atoms with E-state index in [0.717, 1.165) is 18.4 Å². The van der Waals surface area contributed by atoms with Gasteiger partial charge in [0.25, 0.3) is 5.91 Å². The van der Waals surface area contributed by atoms with Gasteiger partial charge < -0.3 is 5.32 Å². The number of H-pyrrole nitrogens is 1. The van der Waals surface area contributed by atoms with Crippen molar-refractivity contribution in [3.8, 4) is 0 Å². The van der Waals surface area contributed by atoms with E-state index in [9.17, 15) is 4.79 Å². The molecule has 0 bridgehead atoms. The third kappa shape index (κ3) is 2.16. The van der Waals surface area contributed by atoms with Gasteiger partial charge in [0.15, 0.2) is 0 Å². The van der Waals surface area contributed by atoms with Crippen molar-refractivity contribution >= 4 is 16.9 Å². The quantitative estimate of drug-likeness (QED) is 0.751. The minimum Gasteiger partial charge on any atom is -0.349 e. The van der Waals surface area contributed by atoms with E-state index in [2.05, 4.69) is 32.9 Å². The van der Waals surface area contributed by atoms with Crippen LogP contribution in [0.1, 0.15) is 21.5 Å². The lowest BCUT2D eigenvalue weighted by Gasteiger charge is -2.11. The molecule has 3 aromatic rings. The van der Waals surface area contributed by atoms with Gasteiger partial charge in [-0.3, -0.25) is 4.79 Å². The van der Waals surface area contributed by atoms with Crippen LogP contribution in [0.3, 0.4) is 0 Å². The molecule has 0 aliphatic heterocycles. The number of aromatic nitrogens is 3. The molecule has 1 aromatic heterocycles. The molecule has 104 valence electrons. The number of hydrogen-bond donors (Lipinski definition) is 2. The number of benzene rings is 2. The van der Waals surface area contributed by atoms with Crippen LogP contribution >= 0.6 is 0 Å². The Bertz CT molecular complexity index is 799. The van der Waals surface area contributed by atoms with E-state index in [1.54, 1.807) is 18.2 Å². The SMILES string of the molecule is O=C(NC1Cc2ccccc2C1)c1ccc2n[nH]nc2c1. The van der Waals surface area contributed by atoms with Crippen LogP contribution in [0.25, 0.3) is 11.0 Å². The number of nitrogens with one attached hydrogen (secondary N) is 2. The fraction of sp³-hybridized carbons (Fsp3) is 0.188. The summed E-state index contributed by atoms with van der Waals surface area (Å²) in [5, 5.41) is 13.7. The van der Waals surface area contributed by atoms with Crippen LogP contribution in [0.4, 0.5) is 0 Å². The van der Waals surface area contributed by atoms with Crippen LogP contribution in [0.5, 0.6) is 0 Å². The number of nitrogens with zero attached hydrogens (tertiary/aromatic N) is 2. The zero-order valence-electron chi connectivity index (χ0n) is 11.3. The average molecular weight is 278 g/mol. The van der Waals surface area contributed by atoms with Crippen LogP contribution in [0.15, 0.2) is 42.5 Å². The number of aromatic amines is 1.